The molecule has 0 aromatic rings. The van der Waals surface area contributed by atoms with Crippen molar-refractivity contribution in [3.05, 3.63) is 0 Å². The minimum Gasteiger partial charge on any atom is -0.394 e. The number of hydrogen-bond acceptors (Lipinski definition) is 2. The van der Waals surface area contributed by atoms with E-state index in [9.17, 15) is 4.79 Å². The highest BCUT2D eigenvalue weighted by Gasteiger charge is 2.30. The second-order valence-electron chi connectivity index (χ2n) is 2.65. The predicted molar refractivity (Wildman–Crippen MR) is 41.3 cm³/mol. The van der Waals surface area contributed by atoms with E-state index in [4.69, 9.17) is 5.11 Å². The highest BCUT2D eigenvalue weighted by atomic mass is 16.3. The summed E-state index contributed by atoms with van der Waals surface area (Å²) in [5.41, 5.74) is 0. The Balaban J connectivity index is 2.30. The zero-order valence-electron chi connectivity index (χ0n) is 6.71. The molecule has 0 spiro atoms. The van der Waals surface area contributed by atoms with E-state index in [1.54, 1.807) is 4.90 Å². The first-order valence-electron chi connectivity index (χ1n) is 3.95. The summed E-state index contributed by atoms with van der Waals surface area (Å²) in [5.74, 6) is 0. The molecule has 1 heterocycles. The van der Waals surface area contributed by atoms with E-state index in [0.29, 0.717) is 6.54 Å². The lowest BCUT2D eigenvalue weighted by molar-refractivity contribution is 0.0705. The van der Waals surface area contributed by atoms with Gasteiger partial charge >= 0.3 is 6.03 Å². The fourth-order valence-electron chi connectivity index (χ4n) is 1.15. The largest absolute Gasteiger partial charge is 0.394 e. The molecule has 0 saturated carbocycles. The number of amides is 2. The van der Waals surface area contributed by atoms with Gasteiger partial charge in [0.1, 0.15) is 0 Å². The molecule has 0 aromatic heterocycles. The summed E-state index contributed by atoms with van der Waals surface area (Å²) in [6, 6.07) is -0.000602. The average Bonchev–Trinajstić information content (AvgIpc) is 1.86. The maximum atomic E-state index is 11.1. The third-order valence-electron chi connectivity index (χ3n) is 1.94. The van der Waals surface area contributed by atoms with Crippen LogP contribution in [0.3, 0.4) is 0 Å². The number of aliphatic hydroxyl groups is 1. The molecule has 0 radical (unpaired) electrons. The Morgan fingerprint density at radius 1 is 1.82 bits per heavy atom. The maximum absolute atomic E-state index is 11.1. The average molecular weight is 158 g/mol. The van der Waals surface area contributed by atoms with Crippen LogP contribution in [-0.2, 0) is 0 Å². The van der Waals surface area contributed by atoms with Crippen molar-refractivity contribution in [1.82, 2.24) is 10.2 Å². The molecule has 1 saturated heterocycles. The molecule has 64 valence electrons. The zero-order chi connectivity index (χ0) is 8.27. The van der Waals surface area contributed by atoms with Crippen LogP contribution in [0.4, 0.5) is 4.79 Å². The molecule has 4 nitrogen and oxygen atoms in total. The Morgan fingerprint density at radius 3 is 2.91 bits per heavy atom. The molecule has 2 amide bonds. The Bertz CT molecular complexity index is 147. The van der Waals surface area contributed by atoms with Gasteiger partial charge in [0.15, 0.2) is 0 Å². The number of urea groups is 1. The van der Waals surface area contributed by atoms with Gasteiger partial charge < -0.3 is 15.3 Å². The lowest BCUT2D eigenvalue weighted by Gasteiger charge is -2.39. The minimum absolute atomic E-state index is 0.0570. The van der Waals surface area contributed by atoms with Gasteiger partial charge in [-0.05, 0) is 13.3 Å². The smallest absolute Gasteiger partial charge is 0.317 e. The van der Waals surface area contributed by atoms with E-state index in [-0.39, 0.29) is 18.7 Å². The predicted octanol–water partition coefficient (Wildman–Crippen LogP) is -0.217. The Kier molecular flexibility index (Phi) is 2.70. The molecular weight excluding hydrogens is 144 g/mol. The number of hydrogen-bond donors (Lipinski definition) is 2. The van der Waals surface area contributed by atoms with Crippen molar-refractivity contribution < 1.29 is 9.90 Å². The first-order valence-corrected chi connectivity index (χ1v) is 3.95. The molecule has 1 aliphatic rings. The lowest BCUT2D eigenvalue weighted by atomic mass is 10.1. The van der Waals surface area contributed by atoms with Gasteiger partial charge in [-0.25, -0.2) is 4.79 Å². The summed E-state index contributed by atoms with van der Waals surface area (Å²) in [6.45, 7) is 3.38. The monoisotopic (exact) mass is 158 g/mol. The zero-order valence-corrected chi connectivity index (χ0v) is 6.71. The normalized spacial score (nSPS) is 22.7. The van der Waals surface area contributed by atoms with Crippen LogP contribution in [0, 0.1) is 0 Å². The van der Waals surface area contributed by atoms with Crippen LogP contribution in [0.1, 0.15) is 13.3 Å². The highest BCUT2D eigenvalue weighted by Crippen LogP contribution is 2.15. The fourth-order valence-corrected chi connectivity index (χ4v) is 1.15. The second kappa shape index (κ2) is 3.57. The van der Waals surface area contributed by atoms with E-state index >= 15 is 0 Å². The summed E-state index contributed by atoms with van der Waals surface area (Å²) in [4.78, 5) is 12.8. The van der Waals surface area contributed by atoms with Crippen LogP contribution < -0.4 is 5.32 Å². The Morgan fingerprint density at radius 2 is 2.55 bits per heavy atom. The molecule has 1 rings (SSSR count). The van der Waals surface area contributed by atoms with Gasteiger partial charge in [0, 0.05) is 13.1 Å². The minimum atomic E-state index is -0.0576. The molecule has 11 heavy (non-hydrogen) atoms. The number of aliphatic hydroxyl groups excluding tert-OH is 1. The molecule has 1 aliphatic heterocycles. The third-order valence-corrected chi connectivity index (χ3v) is 1.94. The SMILES string of the molecule is CCNC(=O)N1CCC1CO. The molecule has 1 atom stereocenters. The van der Waals surface area contributed by atoms with Crippen LogP contribution in [0.25, 0.3) is 0 Å². The highest BCUT2D eigenvalue weighted by molar-refractivity contribution is 5.75. The first kappa shape index (κ1) is 8.33. The third kappa shape index (κ3) is 1.63. The topological polar surface area (TPSA) is 52.6 Å². The number of nitrogens with one attached hydrogen (secondary N) is 1. The standard InChI is InChI=1S/C7H14N2O2/c1-2-8-7(11)9-4-3-6(9)5-10/h6,10H,2-5H2,1H3,(H,8,11). The lowest BCUT2D eigenvalue weighted by Crippen LogP contribution is -2.56. The summed E-state index contributed by atoms with van der Waals surface area (Å²) in [5, 5.41) is 11.4. The molecule has 0 aromatic carbocycles. The van der Waals surface area contributed by atoms with E-state index in [1.807, 2.05) is 6.92 Å². The number of carbonyl (C=O) groups is 1. The van der Waals surface area contributed by atoms with Crippen molar-refractivity contribution in [2.24, 2.45) is 0 Å². The van der Waals surface area contributed by atoms with Crippen molar-refractivity contribution in [1.29, 1.82) is 0 Å². The van der Waals surface area contributed by atoms with Crippen LogP contribution in [-0.4, -0.2) is 41.8 Å². The molecule has 1 fully saturated rings. The van der Waals surface area contributed by atoms with Crippen LogP contribution in [0.15, 0.2) is 0 Å². The van der Waals surface area contributed by atoms with Gasteiger partial charge in [-0.2, -0.15) is 0 Å². The van der Waals surface area contributed by atoms with E-state index < -0.39 is 0 Å². The van der Waals surface area contributed by atoms with Crippen LogP contribution in [0.5, 0.6) is 0 Å². The van der Waals surface area contributed by atoms with Gasteiger partial charge in [0.2, 0.25) is 0 Å². The molecule has 0 bridgehead atoms. The molecular formula is C7H14N2O2. The number of nitrogens with zero attached hydrogens (tertiary/aromatic N) is 1. The van der Waals surface area contributed by atoms with Gasteiger partial charge in [-0.1, -0.05) is 0 Å². The van der Waals surface area contributed by atoms with E-state index in [1.165, 1.54) is 0 Å². The Labute approximate surface area is 66.2 Å². The molecule has 1 unspecified atom stereocenters. The van der Waals surface area contributed by atoms with Crippen molar-refractivity contribution >= 4 is 6.03 Å². The van der Waals surface area contributed by atoms with Gasteiger partial charge in [0.25, 0.3) is 0 Å². The molecule has 2 N–H and O–H groups in total. The molecule has 4 heteroatoms. The van der Waals surface area contributed by atoms with Crippen LogP contribution in [0.2, 0.25) is 0 Å². The number of likely N-dealkylation sites (tertiary alicyclic amines) is 1. The van der Waals surface area contributed by atoms with Crippen molar-refractivity contribution in [2.75, 3.05) is 19.7 Å². The number of rotatable bonds is 2. The van der Waals surface area contributed by atoms with E-state index in [2.05, 4.69) is 5.32 Å². The fraction of sp³-hybridized carbons (Fsp3) is 0.857. The van der Waals surface area contributed by atoms with Gasteiger partial charge in [0.05, 0.1) is 12.6 Å². The summed E-state index contributed by atoms with van der Waals surface area (Å²) in [7, 11) is 0. The number of carbonyl (C=O) groups excluding carboxylic acids is 1. The van der Waals surface area contributed by atoms with Crippen molar-refractivity contribution in [3.63, 3.8) is 0 Å². The first-order chi connectivity index (χ1) is 5.29. The van der Waals surface area contributed by atoms with Crippen molar-refractivity contribution in [2.45, 2.75) is 19.4 Å². The second-order valence-corrected chi connectivity index (χ2v) is 2.65. The quantitative estimate of drug-likeness (QED) is 0.584. The van der Waals surface area contributed by atoms with Gasteiger partial charge in [-0.15, -0.1) is 0 Å². The maximum Gasteiger partial charge on any atom is 0.317 e. The summed E-state index contributed by atoms with van der Waals surface area (Å²) < 4.78 is 0. The molecule has 0 aliphatic carbocycles. The van der Waals surface area contributed by atoms with Gasteiger partial charge in [-0.3, -0.25) is 0 Å². The van der Waals surface area contributed by atoms with Crippen LogP contribution >= 0.6 is 0 Å². The van der Waals surface area contributed by atoms with Crippen molar-refractivity contribution in [3.8, 4) is 0 Å². The Hall–Kier alpha value is -0.770. The summed E-state index contributed by atoms with van der Waals surface area (Å²) >= 11 is 0. The van der Waals surface area contributed by atoms with E-state index in [0.717, 1.165) is 13.0 Å². The summed E-state index contributed by atoms with van der Waals surface area (Å²) in [6.07, 6.45) is 0.924.